The van der Waals surface area contributed by atoms with Gasteiger partial charge in [-0.15, -0.1) is 0 Å². The molecule has 3 heteroatoms. The first-order valence-electron chi connectivity index (χ1n) is 5.61. The predicted octanol–water partition coefficient (Wildman–Crippen LogP) is 1.39. The molecule has 3 nitrogen and oxygen atoms in total. The van der Waals surface area contributed by atoms with Gasteiger partial charge in [-0.1, -0.05) is 6.07 Å². The van der Waals surface area contributed by atoms with Crippen molar-refractivity contribution in [3.63, 3.8) is 0 Å². The van der Waals surface area contributed by atoms with E-state index in [1.165, 1.54) is 0 Å². The van der Waals surface area contributed by atoms with Crippen LogP contribution in [0.15, 0.2) is 24.4 Å². The number of nitrogens with one attached hydrogen (secondary N) is 1. The van der Waals surface area contributed by atoms with Gasteiger partial charge in [0.1, 0.15) is 0 Å². The van der Waals surface area contributed by atoms with E-state index in [0.717, 1.165) is 31.7 Å². The van der Waals surface area contributed by atoms with Crippen LogP contribution in [0, 0.1) is 0 Å². The standard InChI is InChI=1S/C12H18N2O/c1-10-12(6-9-15-10)14-8-5-11-4-2-3-7-13-11/h2-4,7,10,12,14H,5-6,8-9H2,1H3/t10-,12-/m0/s1. The molecule has 0 saturated carbocycles. The molecule has 1 aliphatic heterocycles. The van der Waals surface area contributed by atoms with Gasteiger partial charge in [-0.25, -0.2) is 0 Å². The fourth-order valence-electron chi connectivity index (χ4n) is 1.93. The van der Waals surface area contributed by atoms with Crippen LogP contribution in [-0.2, 0) is 11.2 Å². The number of hydrogen-bond acceptors (Lipinski definition) is 3. The monoisotopic (exact) mass is 206 g/mol. The maximum absolute atomic E-state index is 5.49. The van der Waals surface area contributed by atoms with Gasteiger partial charge >= 0.3 is 0 Å². The first kappa shape index (κ1) is 10.6. The van der Waals surface area contributed by atoms with Crippen molar-refractivity contribution in [1.29, 1.82) is 0 Å². The third-order valence-electron chi connectivity index (χ3n) is 2.89. The first-order chi connectivity index (χ1) is 7.36. The molecule has 2 atom stereocenters. The molecular weight excluding hydrogens is 188 g/mol. The lowest BCUT2D eigenvalue weighted by atomic mass is 10.1. The van der Waals surface area contributed by atoms with E-state index < -0.39 is 0 Å². The van der Waals surface area contributed by atoms with E-state index in [1.807, 2.05) is 18.3 Å². The summed E-state index contributed by atoms with van der Waals surface area (Å²) in [6.45, 7) is 4.00. The van der Waals surface area contributed by atoms with Gasteiger partial charge in [0.2, 0.25) is 0 Å². The van der Waals surface area contributed by atoms with Crippen molar-refractivity contribution in [2.45, 2.75) is 31.9 Å². The van der Waals surface area contributed by atoms with Gasteiger partial charge in [-0.05, 0) is 25.5 Å². The van der Waals surface area contributed by atoms with Crippen LogP contribution in [0.4, 0.5) is 0 Å². The van der Waals surface area contributed by atoms with Crippen LogP contribution in [0.3, 0.4) is 0 Å². The summed E-state index contributed by atoms with van der Waals surface area (Å²) in [5.74, 6) is 0. The molecule has 1 fully saturated rings. The average molecular weight is 206 g/mol. The Morgan fingerprint density at radius 2 is 2.47 bits per heavy atom. The summed E-state index contributed by atoms with van der Waals surface area (Å²) >= 11 is 0. The van der Waals surface area contributed by atoms with Gasteiger partial charge in [0.05, 0.1) is 6.10 Å². The van der Waals surface area contributed by atoms with Crippen LogP contribution in [0.1, 0.15) is 19.0 Å². The number of nitrogens with zero attached hydrogens (tertiary/aromatic N) is 1. The number of ether oxygens (including phenoxy) is 1. The van der Waals surface area contributed by atoms with Crippen molar-refractivity contribution in [3.8, 4) is 0 Å². The van der Waals surface area contributed by atoms with Crippen molar-refractivity contribution < 1.29 is 4.74 Å². The lowest BCUT2D eigenvalue weighted by molar-refractivity contribution is 0.113. The third kappa shape index (κ3) is 3.01. The molecule has 15 heavy (non-hydrogen) atoms. The number of hydrogen-bond donors (Lipinski definition) is 1. The molecule has 82 valence electrons. The van der Waals surface area contributed by atoms with E-state index in [4.69, 9.17) is 4.74 Å². The molecule has 1 N–H and O–H groups in total. The zero-order valence-electron chi connectivity index (χ0n) is 9.15. The Kier molecular flexibility index (Phi) is 3.69. The van der Waals surface area contributed by atoms with Crippen molar-refractivity contribution in [2.24, 2.45) is 0 Å². The Labute approximate surface area is 90.9 Å². The highest BCUT2D eigenvalue weighted by Crippen LogP contribution is 2.12. The summed E-state index contributed by atoms with van der Waals surface area (Å²) in [7, 11) is 0. The van der Waals surface area contributed by atoms with E-state index in [2.05, 4.69) is 23.3 Å². The Morgan fingerprint density at radius 3 is 3.13 bits per heavy atom. The van der Waals surface area contributed by atoms with E-state index in [0.29, 0.717) is 12.1 Å². The Morgan fingerprint density at radius 1 is 1.53 bits per heavy atom. The lowest BCUT2D eigenvalue weighted by Crippen LogP contribution is -2.36. The Balaban J connectivity index is 1.71. The van der Waals surface area contributed by atoms with Crippen LogP contribution in [0.25, 0.3) is 0 Å². The second-order valence-electron chi connectivity index (χ2n) is 4.00. The number of aromatic nitrogens is 1. The van der Waals surface area contributed by atoms with Gasteiger partial charge in [-0.3, -0.25) is 4.98 Å². The molecule has 0 spiro atoms. The summed E-state index contributed by atoms with van der Waals surface area (Å²) in [5, 5.41) is 3.51. The Bertz CT molecular complexity index is 289. The molecule has 2 heterocycles. The normalized spacial score (nSPS) is 25.7. The van der Waals surface area contributed by atoms with Gasteiger partial charge in [0, 0.05) is 37.5 Å². The summed E-state index contributed by atoms with van der Waals surface area (Å²) < 4.78 is 5.49. The van der Waals surface area contributed by atoms with E-state index in [-0.39, 0.29) is 0 Å². The molecule has 0 bridgehead atoms. The summed E-state index contributed by atoms with van der Waals surface area (Å²) in [4.78, 5) is 4.29. The van der Waals surface area contributed by atoms with Gasteiger partial charge in [-0.2, -0.15) is 0 Å². The topological polar surface area (TPSA) is 34.1 Å². The fourth-order valence-corrected chi connectivity index (χ4v) is 1.93. The maximum atomic E-state index is 5.49. The molecule has 1 aromatic rings. The van der Waals surface area contributed by atoms with Crippen molar-refractivity contribution in [3.05, 3.63) is 30.1 Å². The average Bonchev–Trinajstić information content (AvgIpc) is 2.66. The molecule has 2 rings (SSSR count). The van der Waals surface area contributed by atoms with E-state index in [1.54, 1.807) is 0 Å². The first-order valence-corrected chi connectivity index (χ1v) is 5.61. The van der Waals surface area contributed by atoms with Crippen LogP contribution in [-0.4, -0.2) is 30.3 Å². The zero-order valence-corrected chi connectivity index (χ0v) is 9.15. The molecule has 1 saturated heterocycles. The molecular formula is C12H18N2O. The number of rotatable bonds is 4. The molecule has 0 radical (unpaired) electrons. The minimum Gasteiger partial charge on any atom is -0.377 e. The highest BCUT2D eigenvalue weighted by atomic mass is 16.5. The molecule has 1 aliphatic rings. The van der Waals surface area contributed by atoms with Crippen LogP contribution in [0.2, 0.25) is 0 Å². The van der Waals surface area contributed by atoms with Crippen molar-refractivity contribution in [1.82, 2.24) is 10.3 Å². The Hall–Kier alpha value is -0.930. The summed E-state index contributed by atoms with van der Waals surface area (Å²) in [6.07, 6.45) is 4.32. The van der Waals surface area contributed by atoms with Crippen LogP contribution in [0.5, 0.6) is 0 Å². The second-order valence-corrected chi connectivity index (χ2v) is 4.00. The molecule has 0 aromatic carbocycles. The SMILES string of the molecule is C[C@@H]1OCC[C@@H]1NCCc1ccccn1. The minimum absolute atomic E-state index is 0.355. The van der Waals surface area contributed by atoms with E-state index in [9.17, 15) is 0 Å². The van der Waals surface area contributed by atoms with E-state index >= 15 is 0 Å². The highest BCUT2D eigenvalue weighted by Gasteiger charge is 2.22. The smallest absolute Gasteiger partial charge is 0.0700 e. The summed E-state index contributed by atoms with van der Waals surface area (Å²) in [6, 6.07) is 6.57. The summed E-state index contributed by atoms with van der Waals surface area (Å²) in [5.41, 5.74) is 1.15. The zero-order chi connectivity index (χ0) is 10.5. The lowest BCUT2D eigenvalue weighted by Gasteiger charge is -2.15. The molecule has 1 aromatic heterocycles. The van der Waals surface area contributed by atoms with Crippen LogP contribution < -0.4 is 5.32 Å². The largest absolute Gasteiger partial charge is 0.377 e. The minimum atomic E-state index is 0.355. The second kappa shape index (κ2) is 5.24. The van der Waals surface area contributed by atoms with Crippen molar-refractivity contribution >= 4 is 0 Å². The molecule has 0 amide bonds. The molecule has 0 aliphatic carbocycles. The van der Waals surface area contributed by atoms with Gasteiger partial charge in [0.25, 0.3) is 0 Å². The maximum Gasteiger partial charge on any atom is 0.0700 e. The van der Waals surface area contributed by atoms with Gasteiger partial charge in [0.15, 0.2) is 0 Å². The third-order valence-corrected chi connectivity index (χ3v) is 2.89. The predicted molar refractivity (Wildman–Crippen MR) is 59.8 cm³/mol. The van der Waals surface area contributed by atoms with Crippen molar-refractivity contribution in [2.75, 3.05) is 13.2 Å². The quantitative estimate of drug-likeness (QED) is 0.808. The molecule has 0 unspecified atom stereocenters. The number of pyridine rings is 1. The van der Waals surface area contributed by atoms with Crippen LogP contribution >= 0.6 is 0 Å². The van der Waals surface area contributed by atoms with Gasteiger partial charge < -0.3 is 10.1 Å². The fraction of sp³-hybridized carbons (Fsp3) is 0.583. The highest BCUT2D eigenvalue weighted by molar-refractivity contribution is 5.03.